The first kappa shape index (κ1) is 30.8. The molecule has 1 atom stereocenters. The van der Waals surface area contributed by atoms with E-state index in [2.05, 4.69) is 62.4 Å². The number of hydrogen-bond donors (Lipinski definition) is 0. The molecule has 0 N–H and O–H groups in total. The molecule has 3 nitrogen and oxygen atoms in total. The molecule has 0 aliphatic heterocycles. The lowest BCUT2D eigenvalue weighted by molar-refractivity contribution is 1.04. The predicted molar refractivity (Wildman–Crippen MR) is 158 cm³/mol. The molecule has 36 heavy (non-hydrogen) atoms. The fourth-order valence-corrected chi connectivity index (χ4v) is 3.32. The Morgan fingerprint density at radius 1 is 0.528 bits per heavy atom. The van der Waals surface area contributed by atoms with Gasteiger partial charge in [-0.25, -0.2) is 0 Å². The fraction of sp³-hybridized carbons (Fsp3) is 0.100. The summed E-state index contributed by atoms with van der Waals surface area (Å²) in [4.78, 5) is -0.173. The van der Waals surface area contributed by atoms with E-state index >= 15 is 0 Å². The molecular formula is C30H24Br3N3. The van der Waals surface area contributed by atoms with E-state index < -0.39 is 0 Å². The van der Waals surface area contributed by atoms with Gasteiger partial charge in [0.25, 0.3) is 0 Å². The lowest BCUT2D eigenvalue weighted by Gasteiger charge is -2.08. The summed E-state index contributed by atoms with van der Waals surface area (Å²) in [6.45, 7) is 0. The number of benzene rings is 4. The minimum absolute atomic E-state index is 0.160. The Hall–Kier alpha value is -3.21. The van der Waals surface area contributed by atoms with Crippen molar-refractivity contribution >= 4 is 44.2 Å². The number of rotatable bonds is 4. The first-order valence-electron chi connectivity index (χ1n) is 10.8. The van der Waals surface area contributed by atoms with Crippen molar-refractivity contribution in [3.05, 3.63) is 144 Å². The molecule has 4 rings (SSSR count). The van der Waals surface area contributed by atoms with Crippen LogP contribution in [0.5, 0.6) is 0 Å². The molecule has 4 aromatic carbocycles. The molecule has 6 heteroatoms. The molecule has 0 aromatic heterocycles. The van der Waals surface area contributed by atoms with E-state index in [1.165, 1.54) is 0 Å². The average Bonchev–Trinajstić information content (AvgIpc) is 2.97. The quantitative estimate of drug-likeness (QED) is 0.204. The molecule has 0 aliphatic carbocycles. The van der Waals surface area contributed by atoms with Crippen LogP contribution in [0.2, 0.25) is 0 Å². The van der Waals surface area contributed by atoms with Crippen LogP contribution in [0.3, 0.4) is 0 Å². The van der Waals surface area contributed by atoms with E-state index in [9.17, 15) is 5.26 Å². The number of nitriles is 3. The van der Waals surface area contributed by atoms with E-state index in [1.54, 1.807) is 0 Å². The number of hydrogen-bond acceptors (Lipinski definition) is 3. The van der Waals surface area contributed by atoms with E-state index in [4.69, 9.17) is 10.5 Å². The van der Waals surface area contributed by atoms with Crippen molar-refractivity contribution in [2.24, 2.45) is 0 Å². The van der Waals surface area contributed by atoms with Crippen LogP contribution in [0.4, 0.5) is 0 Å². The van der Waals surface area contributed by atoms with Crippen molar-refractivity contribution in [2.45, 2.75) is 17.2 Å². The van der Waals surface area contributed by atoms with Crippen molar-refractivity contribution in [1.82, 2.24) is 0 Å². The Morgan fingerprint density at radius 3 is 1.22 bits per heavy atom. The van der Waals surface area contributed by atoms with Crippen molar-refractivity contribution in [3.63, 3.8) is 0 Å². The van der Waals surface area contributed by atoms with Crippen LogP contribution in [-0.4, -0.2) is 0 Å². The molecule has 180 valence electrons. The minimum atomic E-state index is -0.173. The highest BCUT2D eigenvalue weighted by Crippen LogP contribution is 2.23. The van der Waals surface area contributed by atoms with Crippen molar-refractivity contribution in [2.75, 3.05) is 0 Å². The zero-order valence-corrected chi connectivity index (χ0v) is 24.1. The van der Waals surface area contributed by atoms with Crippen LogP contribution in [0.25, 0.3) is 0 Å². The minimum Gasteiger partial charge on any atom is -0.198 e. The van der Waals surface area contributed by atoms with E-state index in [-0.39, 0.29) is 10.7 Å². The second-order valence-electron chi connectivity index (χ2n) is 7.11. The molecule has 4 aromatic rings. The summed E-state index contributed by atoms with van der Waals surface area (Å²) < 4.78 is 0. The highest BCUT2D eigenvalue weighted by atomic mass is 80.9. The second-order valence-corrected chi connectivity index (χ2v) is 8.02. The molecule has 0 radical (unpaired) electrons. The zero-order valence-electron chi connectivity index (χ0n) is 19.4. The van der Waals surface area contributed by atoms with E-state index in [0.717, 1.165) is 22.3 Å². The Balaban J connectivity index is 0.000000272. The molecule has 0 amide bonds. The molecular weight excluding hydrogens is 642 g/mol. The van der Waals surface area contributed by atoms with Gasteiger partial charge in [-0.1, -0.05) is 137 Å². The fourth-order valence-electron chi connectivity index (χ4n) is 3.02. The van der Waals surface area contributed by atoms with Gasteiger partial charge in [0.1, 0.15) is 4.83 Å². The highest BCUT2D eigenvalue weighted by Gasteiger charge is 2.11. The normalized spacial score (nSPS) is 9.69. The first-order chi connectivity index (χ1) is 17.7. The van der Waals surface area contributed by atoms with Crippen molar-refractivity contribution in [3.8, 4) is 18.2 Å². The van der Waals surface area contributed by atoms with Gasteiger partial charge in [-0.3, -0.25) is 0 Å². The Bertz CT molecular complexity index is 1180. The van der Waals surface area contributed by atoms with E-state index in [0.29, 0.717) is 6.42 Å². The van der Waals surface area contributed by atoms with Gasteiger partial charge in [0, 0.05) is 28.3 Å². The molecule has 0 aliphatic rings. The standard InChI is InChI=1S/C14H11N.C8H6BrN.C8H7N.Br2/c15-11-14(12-7-3-1-4-8-12)13-9-5-2-6-10-13;9-8(6-10)7-4-2-1-3-5-7;9-7-6-8-4-2-1-3-5-8;1-2/h1-10,14H;1-5,8H;1-5H,6H2;. The molecule has 0 heterocycles. The smallest absolute Gasteiger partial charge is 0.126 e. The summed E-state index contributed by atoms with van der Waals surface area (Å²) >= 11 is 8.72. The van der Waals surface area contributed by atoms with Gasteiger partial charge in [0.2, 0.25) is 0 Å². The Labute approximate surface area is 237 Å². The monoisotopic (exact) mass is 663 g/mol. The number of nitrogens with zero attached hydrogens (tertiary/aromatic N) is 3. The third kappa shape index (κ3) is 12.0. The van der Waals surface area contributed by atoms with Gasteiger partial charge in [-0.05, 0) is 22.3 Å². The maximum absolute atomic E-state index is 9.18. The van der Waals surface area contributed by atoms with Crippen LogP contribution >= 0.6 is 44.2 Å². The van der Waals surface area contributed by atoms with E-state index in [1.807, 2.05) is 121 Å². The molecule has 0 saturated carbocycles. The summed E-state index contributed by atoms with van der Waals surface area (Å²) in [5, 5.41) is 25.9. The van der Waals surface area contributed by atoms with Crippen LogP contribution in [0, 0.1) is 34.0 Å². The van der Waals surface area contributed by atoms with Crippen molar-refractivity contribution in [1.29, 1.82) is 15.8 Å². The summed E-state index contributed by atoms with van der Waals surface area (Å²) in [6.07, 6.45) is 0.515. The molecule has 1 unspecified atom stereocenters. The zero-order chi connectivity index (χ0) is 26.4. The summed E-state index contributed by atoms with van der Waals surface area (Å²) in [6, 6.07) is 45.6. The van der Waals surface area contributed by atoms with Gasteiger partial charge in [0.05, 0.1) is 30.5 Å². The predicted octanol–water partition coefficient (Wildman–Crippen LogP) is 9.43. The SMILES string of the molecule is BrBr.N#CC(Br)c1ccccc1.N#CC(c1ccccc1)c1ccccc1.N#CCc1ccccc1. The van der Waals surface area contributed by atoms with Crippen LogP contribution in [-0.2, 0) is 6.42 Å². The van der Waals surface area contributed by atoms with Crippen molar-refractivity contribution < 1.29 is 0 Å². The maximum Gasteiger partial charge on any atom is 0.126 e. The number of halogens is 3. The third-order valence-electron chi connectivity index (χ3n) is 4.73. The molecule has 0 fully saturated rings. The highest BCUT2D eigenvalue weighted by molar-refractivity contribution is 9.93. The Kier molecular flexibility index (Phi) is 17.1. The maximum atomic E-state index is 9.18. The summed E-state index contributed by atoms with van der Waals surface area (Å²) in [5.74, 6) is -0.160. The summed E-state index contributed by atoms with van der Waals surface area (Å²) in [7, 11) is 0. The van der Waals surface area contributed by atoms with Crippen LogP contribution in [0.15, 0.2) is 121 Å². The molecule has 0 saturated heterocycles. The second kappa shape index (κ2) is 20.0. The van der Waals surface area contributed by atoms with Gasteiger partial charge in [0.15, 0.2) is 0 Å². The lowest BCUT2D eigenvalue weighted by atomic mass is 9.93. The molecule has 0 bridgehead atoms. The summed E-state index contributed by atoms with van der Waals surface area (Å²) in [5.41, 5.74) is 4.18. The topological polar surface area (TPSA) is 71.4 Å². The van der Waals surface area contributed by atoms with Gasteiger partial charge < -0.3 is 0 Å². The Morgan fingerprint density at radius 2 is 0.889 bits per heavy atom. The van der Waals surface area contributed by atoms with Gasteiger partial charge >= 0.3 is 0 Å². The van der Waals surface area contributed by atoms with Gasteiger partial charge in [-0.2, -0.15) is 15.8 Å². The van der Waals surface area contributed by atoms with Gasteiger partial charge in [-0.15, -0.1) is 0 Å². The van der Waals surface area contributed by atoms with Crippen LogP contribution < -0.4 is 0 Å². The number of alkyl halides is 1. The van der Waals surface area contributed by atoms with Crippen LogP contribution in [0.1, 0.15) is 33.0 Å². The third-order valence-corrected chi connectivity index (χ3v) is 5.46. The largest absolute Gasteiger partial charge is 0.198 e. The first-order valence-corrected chi connectivity index (χ1v) is 15.5. The average molecular weight is 666 g/mol. The lowest BCUT2D eigenvalue weighted by Crippen LogP contribution is -1.96. The molecule has 0 spiro atoms.